The van der Waals surface area contributed by atoms with Gasteiger partial charge in [-0.3, -0.25) is 4.79 Å². The van der Waals surface area contributed by atoms with Gasteiger partial charge in [-0.25, -0.2) is 0 Å². The summed E-state index contributed by atoms with van der Waals surface area (Å²) in [4.78, 5) is 18.5. The van der Waals surface area contributed by atoms with Crippen LogP contribution in [0.15, 0.2) is 4.52 Å². The molecule has 1 aromatic heterocycles. The second-order valence-corrected chi connectivity index (χ2v) is 6.72. The van der Waals surface area contributed by atoms with Crippen molar-refractivity contribution in [2.45, 2.75) is 69.7 Å². The van der Waals surface area contributed by atoms with Gasteiger partial charge in [0, 0.05) is 25.4 Å². The summed E-state index contributed by atoms with van der Waals surface area (Å²) in [6, 6.07) is 0. The number of rotatable bonds is 4. The van der Waals surface area contributed by atoms with Crippen molar-refractivity contribution in [1.29, 1.82) is 0 Å². The van der Waals surface area contributed by atoms with Gasteiger partial charge < -0.3 is 15.2 Å². The smallest absolute Gasteiger partial charge is 0.229 e. The lowest BCUT2D eigenvalue weighted by Gasteiger charge is -2.30. The number of aromatic nitrogens is 2. The second kappa shape index (κ2) is 6.36. The fraction of sp³-hybridized carbons (Fsp3) is 0.812. The number of carbonyl (C=O) groups is 1. The van der Waals surface area contributed by atoms with Crippen LogP contribution in [0.25, 0.3) is 0 Å². The molecule has 2 fully saturated rings. The number of hydrogen-bond acceptors (Lipinski definition) is 5. The third-order valence-corrected chi connectivity index (χ3v) is 5.04. The summed E-state index contributed by atoms with van der Waals surface area (Å²) in [6.45, 7) is 3.61. The summed E-state index contributed by atoms with van der Waals surface area (Å²) in [7, 11) is 0. The first-order valence-corrected chi connectivity index (χ1v) is 8.53. The Bertz CT molecular complexity index is 514. The first-order chi connectivity index (χ1) is 10.6. The van der Waals surface area contributed by atoms with Crippen molar-refractivity contribution >= 4 is 5.91 Å². The molecule has 0 atom stereocenters. The lowest BCUT2D eigenvalue weighted by Crippen LogP contribution is -2.38. The Morgan fingerprint density at radius 1 is 1.36 bits per heavy atom. The van der Waals surface area contributed by atoms with E-state index in [2.05, 4.69) is 10.1 Å². The number of carbonyl (C=O) groups excluding carboxylic acids is 1. The summed E-state index contributed by atoms with van der Waals surface area (Å²) in [5, 5.41) is 4.14. The quantitative estimate of drug-likeness (QED) is 0.922. The fourth-order valence-electron chi connectivity index (χ4n) is 3.58. The average Bonchev–Trinajstić information content (AvgIpc) is 3.17. The normalized spacial score (nSPS) is 22.2. The molecular weight excluding hydrogens is 280 g/mol. The maximum atomic E-state index is 11.9. The summed E-state index contributed by atoms with van der Waals surface area (Å²) in [5.74, 6) is 1.90. The summed E-state index contributed by atoms with van der Waals surface area (Å²) in [5.41, 5.74) is 5.99. The Kier molecular flexibility index (Phi) is 4.47. The molecule has 6 nitrogen and oxygen atoms in total. The predicted molar refractivity (Wildman–Crippen MR) is 82.1 cm³/mol. The van der Waals surface area contributed by atoms with Crippen molar-refractivity contribution < 1.29 is 9.32 Å². The van der Waals surface area contributed by atoms with Gasteiger partial charge in [-0.1, -0.05) is 24.9 Å². The van der Waals surface area contributed by atoms with Crippen LogP contribution in [0.3, 0.4) is 0 Å². The van der Waals surface area contributed by atoms with Crippen LogP contribution in [0, 0.1) is 0 Å². The van der Waals surface area contributed by atoms with Crippen LogP contribution in [0.2, 0.25) is 0 Å². The zero-order chi connectivity index (χ0) is 15.6. The third kappa shape index (κ3) is 3.02. The molecule has 1 amide bonds. The van der Waals surface area contributed by atoms with Crippen molar-refractivity contribution in [1.82, 2.24) is 15.0 Å². The molecule has 1 aliphatic heterocycles. The molecule has 3 rings (SSSR count). The van der Waals surface area contributed by atoms with E-state index >= 15 is 0 Å². The van der Waals surface area contributed by atoms with Gasteiger partial charge in [-0.05, 0) is 32.1 Å². The van der Waals surface area contributed by atoms with Crippen LogP contribution >= 0.6 is 0 Å². The maximum absolute atomic E-state index is 11.9. The molecule has 122 valence electrons. The molecule has 1 saturated heterocycles. The van der Waals surface area contributed by atoms with Crippen LogP contribution < -0.4 is 5.73 Å². The van der Waals surface area contributed by atoms with E-state index in [1.54, 1.807) is 0 Å². The van der Waals surface area contributed by atoms with Crippen LogP contribution in [0.4, 0.5) is 0 Å². The zero-order valence-corrected chi connectivity index (χ0v) is 13.4. The molecule has 0 unspecified atom stereocenters. The highest BCUT2D eigenvalue weighted by Crippen LogP contribution is 2.36. The Balaban J connectivity index is 1.60. The molecule has 2 heterocycles. The number of nitrogens with two attached hydrogens (primary N) is 1. The van der Waals surface area contributed by atoms with E-state index in [-0.39, 0.29) is 17.4 Å². The maximum Gasteiger partial charge on any atom is 0.229 e. The number of piperidine rings is 1. The molecule has 2 aliphatic rings. The molecule has 0 aromatic carbocycles. The second-order valence-electron chi connectivity index (χ2n) is 6.72. The number of amides is 1. The Hall–Kier alpha value is -1.43. The highest BCUT2D eigenvalue weighted by atomic mass is 16.5. The molecule has 1 saturated carbocycles. The van der Waals surface area contributed by atoms with Gasteiger partial charge in [0.15, 0.2) is 5.82 Å². The van der Waals surface area contributed by atoms with E-state index in [1.165, 1.54) is 0 Å². The van der Waals surface area contributed by atoms with Crippen molar-refractivity contribution in [2.75, 3.05) is 13.1 Å². The van der Waals surface area contributed by atoms with E-state index in [0.29, 0.717) is 18.1 Å². The van der Waals surface area contributed by atoms with Crippen LogP contribution in [0.1, 0.15) is 75.9 Å². The summed E-state index contributed by atoms with van der Waals surface area (Å²) >= 11 is 0. The molecule has 22 heavy (non-hydrogen) atoms. The minimum Gasteiger partial charge on any atom is -0.343 e. The van der Waals surface area contributed by atoms with Gasteiger partial charge in [0.1, 0.15) is 0 Å². The van der Waals surface area contributed by atoms with E-state index < -0.39 is 0 Å². The van der Waals surface area contributed by atoms with Crippen molar-refractivity contribution in [3.8, 4) is 0 Å². The van der Waals surface area contributed by atoms with Gasteiger partial charge in [0.2, 0.25) is 11.8 Å². The third-order valence-electron chi connectivity index (χ3n) is 5.04. The number of likely N-dealkylation sites (tertiary alicyclic amines) is 1. The van der Waals surface area contributed by atoms with E-state index in [1.807, 2.05) is 11.8 Å². The molecule has 2 N–H and O–H groups in total. The molecule has 1 aromatic rings. The molecule has 0 spiro atoms. The van der Waals surface area contributed by atoms with Crippen LogP contribution in [0.5, 0.6) is 0 Å². The standard InChI is InChI=1S/C16H26N4O2/c1-2-5-13(21)20-10-6-12(7-11-20)14-18-15(19-22-14)16(17)8-3-4-9-16/h12H,2-11,17H2,1H3. The SMILES string of the molecule is CCCC(=O)N1CCC(c2nc(C3(N)CCCC3)no2)CC1. The number of nitrogens with zero attached hydrogens (tertiary/aromatic N) is 3. The van der Waals surface area contributed by atoms with Gasteiger partial charge in [-0.15, -0.1) is 0 Å². The van der Waals surface area contributed by atoms with Crippen molar-refractivity contribution in [3.05, 3.63) is 11.7 Å². The van der Waals surface area contributed by atoms with E-state index in [0.717, 1.165) is 58.0 Å². The van der Waals surface area contributed by atoms with Gasteiger partial charge >= 0.3 is 0 Å². The first kappa shape index (κ1) is 15.5. The number of hydrogen-bond donors (Lipinski definition) is 1. The topological polar surface area (TPSA) is 85.2 Å². The Morgan fingerprint density at radius 2 is 2.05 bits per heavy atom. The summed E-state index contributed by atoms with van der Waals surface area (Å²) < 4.78 is 5.48. The fourth-order valence-corrected chi connectivity index (χ4v) is 3.58. The highest BCUT2D eigenvalue weighted by molar-refractivity contribution is 5.76. The molecule has 0 bridgehead atoms. The summed E-state index contributed by atoms with van der Waals surface area (Å²) in [6.07, 6.45) is 7.50. The lowest BCUT2D eigenvalue weighted by atomic mass is 9.95. The minimum absolute atomic E-state index is 0.261. The molecular formula is C16H26N4O2. The molecule has 1 aliphatic carbocycles. The van der Waals surface area contributed by atoms with Gasteiger partial charge in [-0.2, -0.15) is 4.98 Å². The molecule has 6 heteroatoms. The van der Waals surface area contributed by atoms with Gasteiger partial charge in [0.25, 0.3) is 0 Å². The van der Waals surface area contributed by atoms with Crippen molar-refractivity contribution in [2.24, 2.45) is 5.73 Å². The van der Waals surface area contributed by atoms with E-state index in [4.69, 9.17) is 10.3 Å². The predicted octanol–water partition coefficient (Wildman–Crippen LogP) is 2.30. The zero-order valence-electron chi connectivity index (χ0n) is 13.4. The van der Waals surface area contributed by atoms with Gasteiger partial charge in [0.05, 0.1) is 5.54 Å². The van der Waals surface area contributed by atoms with E-state index in [9.17, 15) is 4.79 Å². The average molecular weight is 306 g/mol. The Labute approximate surface area is 131 Å². The largest absolute Gasteiger partial charge is 0.343 e. The monoisotopic (exact) mass is 306 g/mol. The lowest BCUT2D eigenvalue weighted by molar-refractivity contribution is -0.132. The highest BCUT2D eigenvalue weighted by Gasteiger charge is 2.37. The van der Waals surface area contributed by atoms with Crippen molar-refractivity contribution in [3.63, 3.8) is 0 Å². The van der Waals surface area contributed by atoms with Crippen LogP contribution in [-0.4, -0.2) is 34.0 Å². The Morgan fingerprint density at radius 3 is 2.68 bits per heavy atom. The molecule has 0 radical (unpaired) electrons. The minimum atomic E-state index is -0.389. The first-order valence-electron chi connectivity index (χ1n) is 8.53. The van der Waals surface area contributed by atoms with Crippen LogP contribution in [-0.2, 0) is 10.3 Å².